The van der Waals surface area contributed by atoms with Crippen molar-refractivity contribution in [3.05, 3.63) is 64.2 Å². The molecule has 126 valence electrons. The number of anilines is 1. The number of hydrogen-bond acceptors (Lipinski definition) is 4. The summed E-state index contributed by atoms with van der Waals surface area (Å²) in [5.74, 6) is -0.0526. The monoisotopic (exact) mass is 360 g/mol. The Bertz CT molecular complexity index is 765. The van der Waals surface area contributed by atoms with E-state index in [0.717, 1.165) is 36.4 Å². The molecular weight excluding hydrogens is 353 g/mol. The van der Waals surface area contributed by atoms with E-state index in [1.165, 1.54) is 6.07 Å². The highest BCUT2D eigenvalue weighted by atomic mass is 35.5. The number of carbonyl (C=O) groups excluding carboxylic acids is 1. The minimum absolute atomic E-state index is 0.0526. The van der Waals surface area contributed by atoms with Crippen LogP contribution in [0.5, 0.6) is 5.75 Å². The van der Waals surface area contributed by atoms with Crippen LogP contribution in [0.4, 0.5) is 29.3 Å². The number of carbonyl (C=O) groups is 1. The maximum atomic E-state index is 12.6. The molecule has 0 radical (unpaired) electrons. The molecule has 0 unspecified atom stereocenters. The summed E-state index contributed by atoms with van der Waals surface area (Å²) in [4.78, 5) is 21.7. The van der Waals surface area contributed by atoms with Crippen LogP contribution < -0.4 is 9.16 Å². The molecule has 0 aliphatic heterocycles. The normalized spacial score (nSPS) is 11.0. The van der Waals surface area contributed by atoms with E-state index >= 15 is 0 Å². The topological polar surface area (TPSA) is 72.7 Å². The Morgan fingerprint density at radius 2 is 1.79 bits per heavy atom. The summed E-state index contributed by atoms with van der Waals surface area (Å²) in [6, 6.07) is 8.32. The van der Waals surface area contributed by atoms with Gasteiger partial charge in [-0.05, 0) is 30.3 Å². The molecule has 2 aromatic carbocycles. The molecule has 0 saturated carbocycles. The molecular formula is C14H8ClF3N2O4. The van der Waals surface area contributed by atoms with Crippen LogP contribution in [0.1, 0.15) is 5.56 Å². The summed E-state index contributed by atoms with van der Waals surface area (Å²) >= 11 is 5.69. The number of alkyl halides is 3. The minimum atomic E-state index is -4.59. The number of non-ortho nitro benzene ring substituents is 1. The fraction of sp³-hybridized carbons (Fsp3) is 0.0714. The van der Waals surface area contributed by atoms with Gasteiger partial charge in [-0.3, -0.25) is 10.1 Å². The lowest BCUT2D eigenvalue weighted by Crippen LogP contribution is -2.24. The van der Waals surface area contributed by atoms with Gasteiger partial charge in [0.2, 0.25) is 0 Å². The number of rotatable bonds is 3. The van der Waals surface area contributed by atoms with E-state index in [9.17, 15) is 28.1 Å². The maximum Gasteiger partial charge on any atom is 0.434 e. The van der Waals surface area contributed by atoms with Crippen molar-refractivity contribution in [1.29, 1.82) is 0 Å². The first-order valence-electron chi connectivity index (χ1n) is 6.28. The first kappa shape index (κ1) is 17.5. The summed E-state index contributed by atoms with van der Waals surface area (Å²) in [7, 11) is 0. The summed E-state index contributed by atoms with van der Waals surface area (Å²) in [5.41, 5.74) is -1.43. The second-order valence-corrected chi connectivity index (χ2v) is 4.79. The largest absolute Gasteiger partial charge is 0.434 e. The van der Waals surface area contributed by atoms with Gasteiger partial charge >= 0.3 is 12.3 Å². The van der Waals surface area contributed by atoms with E-state index in [1.807, 2.05) is 0 Å². The molecule has 1 amide bonds. The Morgan fingerprint density at radius 1 is 1.17 bits per heavy atom. The quantitative estimate of drug-likeness (QED) is 0.449. The molecule has 2 rings (SSSR count). The van der Waals surface area contributed by atoms with Crippen LogP contribution in [0.2, 0.25) is 0 Å². The van der Waals surface area contributed by atoms with Crippen molar-refractivity contribution in [2.75, 3.05) is 4.42 Å². The summed E-state index contributed by atoms with van der Waals surface area (Å²) in [5, 5.41) is 10.5. The Hall–Kier alpha value is -2.81. The second kappa shape index (κ2) is 6.75. The number of nitro groups is 1. The van der Waals surface area contributed by atoms with Crippen molar-refractivity contribution < 1.29 is 27.6 Å². The van der Waals surface area contributed by atoms with Gasteiger partial charge < -0.3 is 4.74 Å². The third-order valence-corrected chi connectivity index (χ3v) is 3.15. The minimum Gasteiger partial charge on any atom is -0.409 e. The third-order valence-electron chi connectivity index (χ3n) is 2.81. The molecule has 0 bridgehead atoms. The number of hydrogen-bond donors (Lipinski definition) is 0. The molecule has 10 heteroatoms. The van der Waals surface area contributed by atoms with Crippen molar-refractivity contribution in [1.82, 2.24) is 0 Å². The van der Waals surface area contributed by atoms with Crippen LogP contribution in [-0.2, 0) is 6.18 Å². The van der Waals surface area contributed by atoms with Gasteiger partial charge in [0.05, 0.1) is 16.2 Å². The average Bonchev–Trinajstić information content (AvgIpc) is 2.54. The molecule has 0 saturated heterocycles. The van der Waals surface area contributed by atoms with Gasteiger partial charge in [-0.15, -0.1) is 0 Å². The lowest BCUT2D eigenvalue weighted by Gasteiger charge is -2.15. The fourth-order valence-corrected chi connectivity index (χ4v) is 1.83. The van der Waals surface area contributed by atoms with E-state index in [4.69, 9.17) is 16.5 Å². The van der Waals surface area contributed by atoms with Gasteiger partial charge in [-0.25, -0.2) is 4.79 Å². The van der Waals surface area contributed by atoms with Crippen molar-refractivity contribution in [2.24, 2.45) is 0 Å². The summed E-state index contributed by atoms with van der Waals surface area (Å²) < 4.78 is 43.2. The molecule has 24 heavy (non-hydrogen) atoms. The number of nitro benzene ring substituents is 1. The molecule has 0 N–H and O–H groups in total. The van der Waals surface area contributed by atoms with Crippen molar-refractivity contribution in [2.45, 2.75) is 6.18 Å². The van der Waals surface area contributed by atoms with Gasteiger partial charge in [0, 0.05) is 23.9 Å². The smallest absolute Gasteiger partial charge is 0.409 e. The van der Waals surface area contributed by atoms with Crippen molar-refractivity contribution >= 4 is 29.2 Å². The van der Waals surface area contributed by atoms with E-state index < -0.39 is 22.8 Å². The molecule has 0 aromatic heterocycles. The summed E-state index contributed by atoms with van der Waals surface area (Å²) in [6.07, 6.45) is -5.75. The Labute approximate surface area is 138 Å². The molecule has 0 spiro atoms. The summed E-state index contributed by atoms with van der Waals surface area (Å²) in [6.45, 7) is 0. The van der Waals surface area contributed by atoms with Crippen LogP contribution in [0.3, 0.4) is 0 Å². The van der Waals surface area contributed by atoms with Crippen molar-refractivity contribution in [3.8, 4) is 5.75 Å². The van der Waals surface area contributed by atoms with Gasteiger partial charge in [0.1, 0.15) is 5.75 Å². The standard InChI is InChI=1S/C14H8ClF3N2O4/c15-19(11-3-1-2-9(8-11)14(16,17)18)13(21)24-12-6-4-10(5-7-12)20(22)23/h1-8H. The third kappa shape index (κ3) is 4.13. The van der Waals surface area contributed by atoms with Gasteiger partial charge in [-0.2, -0.15) is 17.6 Å². The average molecular weight is 361 g/mol. The highest BCUT2D eigenvalue weighted by Gasteiger charge is 2.31. The number of amides is 1. The molecule has 0 heterocycles. The molecule has 2 aromatic rings. The number of halogens is 4. The first-order valence-corrected chi connectivity index (χ1v) is 6.62. The van der Waals surface area contributed by atoms with Crippen LogP contribution in [-0.4, -0.2) is 11.0 Å². The highest BCUT2D eigenvalue weighted by molar-refractivity contribution is 6.35. The molecule has 6 nitrogen and oxygen atoms in total. The van der Waals surface area contributed by atoms with Gasteiger partial charge in [0.25, 0.3) is 5.69 Å². The van der Waals surface area contributed by atoms with E-state index in [2.05, 4.69) is 0 Å². The first-order chi connectivity index (χ1) is 11.2. The lowest BCUT2D eigenvalue weighted by molar-refractivity contribution is -0.384. The zero-order valence-electron chi connectivity index (χ0n) is 11.7. The molecule has 0 aliphatic rings. The van der Waals surface area contributed by atoms with Crippen molar-refractivity contribution in [3.63, 3.8) is 0 Å². The molecule has 0 aliphatic carbocycles. The number of ether oxygens (including phenoxy) is 1. The molecule has 0 fully saturated rings. The number of nitrogens with zero attached hydrogens (tertiary/aromatic N) is 2. The SMILES string of the molecule is O=C(Oc1ccc([N+](=O)[O-])cc1)N(Cl)c1cccc(C(F)(F)F)c1. The van der Waals surface area contributed by atoms with E-state index in [-0.39, 0.29) is 17.1 Å². The van der Waals surface area contributed by atoms with Gasteiger partial charge in [-0.1, -0.05) is 6.07 Å². The predicted molar refractivity (Wildman–Crippen MR) is 78.9 cm³/mol. The van der Waals surface area contributed by atoms with E-state index in [0.29, 0.717) is 10.5 Å². The van der Waals surface area contributed by atoms with Crippen LogP contribution in [0.25, 0.3) is 0 Å². The lowest BCUT2D eigenvalue weighted by atomic mass is 10.2. The second-order valence-electron chi connectivity index (χ2n) is 4.45. The Balaban J connectivity index is 2.13. The Kier molecular flexibility index (Phi) is 4.93. The molecule has 0 atom stereocenters. The fourth-order valence-electron chi connectivity index (χ4n) is 1.69. The number of benzene rings is 2. The van der Waals surface area contributed by atoms with Gasteiger partial charge in [0.15, 0.2) is 0 Å². The van der Waals surface area contributed by atoms with E-state index in [1.54, 1.807) is 0 Å². The Morgan fingerprint density at radius 3 is 2.33 bits per heavy atom. The maximum absolute atomic E-state index is 12.6. The van der Waals surface area contributed by atoms with Crippen LogP contribution in [0, 0.1) is 10.1 Å². The zero-order chi connectivity index (χ0) is 17.9. The van der Waals surface area contributed by atoms with Crippen LogP contribution in [0.15, 0.2) is 48.5 Å². The zero-order valence-corrected chi connectivity index (χ0v) is 12.4. The van der Waals surface area contributed by atoms with Crippen LogP contribution >= 0.6 is 11.8 Å². The highest BCUT2D eigenvalue weighted by Crippen LogP contribution is 2.32. The predicted octanol–water partition coefficient (Wildman–Crippen LogP) is 4.77.